The monoisotopic (exact) mass is 1200 g/mol. The standard InChI is InChI=1S/C18H30O2.C16H22O6.C10H16O4.C10H16O.C7H14O2.8CH4/c1-5-17(3,4)16(19)20-18(6-2)14-8-12-7-13(10-14)11-15(18)9-12;1-4-16(2,3)15(19)20-7-11(17)21-12-8-5-9-10(6-8)14(18)22-13(9)12;1-4-10(2,3)9(12)14-7-5-6-13-8(7)11;11-10-4-7-1-8(5-10)3-9(2-7)6-10;1-5-7(2,3)6(8)9-4;;;;;;;;/h12-15H,5-11H2,1-4H3;8-10,12-13H,4-7H2,1-3H3;7H,4-6H2,1-3H3;7-9,11H,1-6H2;5H2,1-4H3;8*1H4. The average Bonchev–Trinajstić information content (AvgIpc) is 3.60. The predicted octanol–water partition coefficient (Wildman–Crippen LogP) is 15.9. The number of fused-ring (bicyclic) bond motifs is 1. The highest BCUT2D eigenvalue weighted by molar-refractivity contribution is 5.83. The Bertz CT molecular complexity index is 2020. The van der Waals surface area contributed by atoms with Crippen LogP contribution in [0.5, 0.6) is 0 Å². The molecule has 12 rings (SSSR count). The Hall–Kier alpha value is -3.75. The summed E-state index contributed by atoms with van der Waals surface area (Å²) in [7, 11) is 1.42. The molecule has 10 aliphatic carbocycles. The molecule has 2 saturated heterocycles. The van der Waals surface area contributed by atoms with Gasteiger partial charge in [-0.25, -0.2) is 9.59 Å². The number of methoxy groups -OCH3 is 1. The van der Waals surface area contributed by atoms with Gasteiger partial charge in [-0.3, -0.25) is 24.0 Å². The lowest BCUT2D eigenvalue weighted by Crippen LogP contribution is -2.60. The lowest BCUT2D eigenvalue weighted by Gasteiger charge is -2.60. The van der Waals surface area contributed by atoms with Gasteiger partial charge in [0, 0.05) is 18.3 Å². The van der Waals surface area contributed by atoms with Gasteiger partial charge in [0.1, 0.15) is 17.8 Å². The zero-order valence-corrected chi connectivity index (χ0v) is 49.0. The van der Waals surface area contributed by atoms with Crippen LogP contribution in [-0.2, 0) is 66.7 Å². The van der Waals surface area contributed by atoms with Gasteiger partial charge >= 0.3 is 41.8 Å². The Morgan fingerprint density at radius 3 is 1.37 bits per heavy atom. The molecule has 12 fully saturated rings. The molecule has 1 N–H and O–H groups in total. The number of rotatable bonds is 14. The molecular formula is C69H130O15. The van der Waals surface area contributed by atoms with Gasteiger partial charge in [-0.2, -0.15) is 0 Å². The van der Waals surface area contributed by atoms with E-state index in [1.165, 1.54) is 58.5 Å². The molecule has 6 unspecified atom stereocenters. The molecule has 496 valence electrons. The second-order valence-corrected chi connectivity index (χ2v) is 27.4. The lowest BCUT2D eigenvalue weighted by atomic mass is 9.49. The SMILES string of the molecule is C.C.C.C.C.C.C.C.CCC(C)(C)C(=O)OC.CCC(C)(C)C(=O)OC1(CC)C2CC3CC(C2)CC1C3.CCC(C)(C)C(=O)OC1CCOC1=O.CCC(C)(C)C(=O)OCC(=O)OC1C2CC3C(=O)OC1C3C2.OC12CC3CC(CC(C3)C1)C2. The van der Waals surface area contributed by atoms with Crippen LogP contribution in [0.1, 0.15) is 271 Å². The number of esters is 7. The van der Waals surface area contributed by atoms with Crippen LogP contribution in [0.3, 0.4) is 0 Å². The summed E-state index contributed by atoms with van der Waals surface area (Å²) < 4.78 is 36.4. The maximum absolute atomic E-state index is 12.6. The molecular weight excluding hydrogens is 1070 g/mol. The highest BCUT2D eigenvalue weighted by atomic mass is 16.6. The van der Waals surface area contributed by atoms with Crippen LogP contribution >= 0.6 is 0 Å². The van der Waals surface area contributed by atoms with E-state index in [1.54, 1.807) is 27.7 Å². The third kappa shape index (κ3) is 19.1. The van der Waals surface area contributed by atoms with Crippen molar-refractivity contribution in [2.24, 2.45) is 80.8 Å². The first-order valence-corrected chi connectivity index (χ1v) is 29.5. The Morgan fingerprint density at radius 1 is 0.548 bits per heavy atom. The second kappa shape index (κ2) is 33.6. The minimum Gasteiger partial charge on any atom is -0.469 e. The third-order valence-corrected chi connectivity index (χ3v) is 20.4. The topological polar surface area (TPSA) is 204 Å². The first kappa shape index (κ1) is 84.5. The normalized spacial score (nSPS) is 32.2. The predicted molar refractivity (Wildman–Crippen MR) is 337 cm³/mol. The van der Waals surface area contributed by atoms with Gasteiger partial charge in [0.2, 0.25) is 6.10 Å². The van der Waals surface area contributed by atoms with Crippen LogP contribution < -0.4 is 0 Å². The van der Waals surface area contributed by atoms with Crippen molar-refractivity contribution in [3.8, 4) is 0 Å². The number of carbonyl (C=O) groups is 7. The summed E-state index contributed by atoms with van der Waals surface area (Å²) >= 11 is 0. The van der Waals surface area contributed by atoms with E-state index in [4.69, 9.17) is 28.4 Å². The van der Waals surface area contributed by atoms with E-state index in [2.05, 4.69) is 18.6 Å². The van der Waals surface area contributed by atoms with Crippen molar-refractivity contribution in [2.45, 2.75) is 301 Å². The molecule has 12 aliphatic rings. The zero-order chi connectivity index (χ0) is 56.3. The van der Waals surface area contributed by atoms with Crippen LogP contribution in [0.15, 0.2) is 0 Å². The second-order valence-electron chi connectivity index (χ2n) is 27.4. The number of carbonyl (C=O) groups excluding carboxylic acids is 7. The largest absolute Gasteiger partial charge is 0.469 e. The van der Waals surface area contributed by atoms with E-state index in [-0.39, 0.29) is 142 Å². The van der Waals surface area contributed by atoms with Crippen LogP contribution in [0, 0.1) is 80.8 Å². The Morgan fingerprint density at radius 2 is 0.976 bits per heavy atom. The van der Waals surface area contributed by atoms with E-state index < -0.39 is 34.8 Å². The zero-order valence-electron chi connectivity index (χ0n) is 49.0. The lowest BCUT2D eigenvalue weighted by molar-refractivity contribution is -0.218. The molecule has 0 aromatic carbocycles. The molecule has 0 aromatic heterocycles. The van der Waals surface area contributed by atoms with Gasteiger partial charge in [-0.1, -0.05) is 94.0 Å². The van der Waals surface area contributed by atoms with Crippen molar-refractivity contribution in [1.82, 2.24) is 0 Å². The fourth-order valence-electron chi connectivity index (χ4n) is 14.5. The quantitative estimate of drug-likeness (QED) is 0.127. The molecule has 2 heterocycles. The molecule has 2 aliphatic heterocycles. The van der Waals surface area contributed by atoms with Crippen molar-refractivity contribution in [3.05, 3.63) is 0 Å². The first-order valence-electron chi connectivity index (χ1n) is 29.5. The minimum absolute atomic E-state index is 0. The number of ether oxygens (including phenoxy) is 7. The van der Waals surface area contributed by atoms with Gasteiger partial charge in [-0.05, 0) is 212 Å². The van der Waals surface area contributed by atoms with Crippen LogP contribution in [0.2, 0.25) is 0 Å². The third-order valence-electron chi connectivity index (χ3n) is 20.4. The summed E-state index contributed by atoms with van der Waals surface area (Å²) in [5.74, 6) is 4.20. The highest BCUT2D eigenvalue weighted by Crippen LogP contribution is 2.61. The summed E-state index contributed by atoms with van der Waals surface area (Å²) in [6.45, 7) is 25.0. The van der Waals surface area contributed by atoms with E-state index >= 15 is 0 Å². The number of hydrogen-bond donors (Lipinski definition) is 1. The van der Waals surface area contributed by atoms with E-state index in [1.807, 2.05) is 48.5 Å². The first-order chi connectivity index (χ1) is 35.5. The maximum Gasteiger partial charge on any atom is 0.347 e. The molecule has 6 atom stereocenters. The fraction of sp³-hybridized carbons (Fsp3) is 0.899. The van der Waals surface area contributed by atoms with E-state index in [0.29, 0.717) is 37.7 Å². The summed E-state index contributed by atoms with van der Waals surface area (Å²) in [6.07, 6.45) is 19.1. The highest BCUT2D eigenvalue weighted by Gasteiger charge is 2.63. The average molecular weight is 1200 g/mol. The summed E-state index contributed by atoms with van der Waals surface area (Å²) in [5.41, 5.74) is -2.11. The van der Waals surface area contributed by atoms with Crippen LogP contribution in [0.4, 0.5) is 0 Å². The van der Waals surface area contributed by atoms with E-state index in [0.717, 1.165) is 81.0 Å². The van der Waals surface area contributed by atoms with Crippen molar-refractivity contribution >= 4 is 41.8 Å². The van der Waals surface area contributed by atoms with Gasteiger partial charge in [0.15, 0.2) is 6.61 Å². The molecule has 10 bridgehead atoms. The fourth-order valence-corrected chi connectivity index (χ4v) is 14.5. The summed E-state index contributed by atoms with van der Waals surface area (Å²) in [4.78, 5) is 81.5. The number of hydrogen-bond acceptors (Lipinski definition) is 15. The molecule has 84 heavy (non-hydrogen) atoms. The molecule has 10 saturated carbocycles. The Labute approximate surface area is 513 Å². The smallest absolute Gasteiger partial charge is 0.347 e. The maximum atomic E-state index is 12.6. The van der Waals surface area contributed by atoms with Crippen LogP contribution in [-0.4, -0.2) is 96.7 Å². The number of aliphatic hydroxyl groups is 1. The minimum atomic E-state index is -0.687. The van der Waals surface area contributed by atoms with Crippen molar-refractivity contribution in [3.63, 3.8) is 0 Å². The van der Waals surface area contributed by atoms with Crippen molar-refractivity contribution in [1.29, 1.82) is 0 Å². The molecule has 15 nitrogen and oxygen atoms in total. The van der Waals surface area contributed by atoms with Gasteiger partial charge in [-0.15, -0.1) is 0 Å². The van der Waals surface area contributed by atoms with Gasteiger partial charge < -0.3 is 38.3 Å². The molecule has 0 amide bonds. The molecule has 0 spiro atoms. The van der Waals surface area contributed by atoms with Gasteiger partial charge in [0.25, 0.3) is 0 Å². The number of cyclic esters (lactones) is 1. The molecule has 0 radical (unpaired) electrons. The van der Waals surface area contributed by atoms with Gasteiger partial charge in [0.05, 0.1) is 46.9 Å². The van der Waals surface area contributed by atoms with Crippen molar-refractivity contribution < 1.29 is 71.8 Å². The molecule has 15 heteroatoms. The molecule has 0 aromatic rings. The summed E-state index contributed by atoms with van der Waals surface area (Å²) in [6, 6.07) is 0. The van der Waals surface area contributed by atoms with E-state index in [9.17, 15) is 38.7 Å². The summed E-state index contributed by atoms with van der Waals surface area (Å²) in [5, 5.41) is 10.1. The Balaban J connectivity index is -0.000000985. The van der Waals surface area contributed by atoms with Crippen molar-refractivity contribution in [2.75, 3.05) is 20.3 Å². The van der Waals surface area contributed by atoms with Crippen LogP contribution in [0.25, 0.3) is 0 Å². The Kier molecular flexibility index (Phi) is 33.7.